The molecule has 0 aliphatic carbocycles. The van der Waals surface area contributed by atoms with Gasteiger partial charge in [-0.3, -0.25) is 0 Å². The van der Waals surface area contributed by atoms with Crippen molar-refractivity contribution in [3.8, 4) is 10.7 Å². The van der Waals surface area contributed by atoms with E-state index in [1.165, 1.54) is 22.5 Å². The van der Waals surface area contributed by atoms with E-state index in [0.29, 0.717) is 22.3 Å². The summed E-state index contributed by atoms with van der Waals surface area (Å²) in [6, 6.07) is 9.45. The van der Waals surface area contributed by atoms with Crippen molar-refractivity contribution in [1.82, 2.24) is 14.9 Å². The van der Waals surface area contributed by atoms with Crippen molar-refractivity contribution in [1.29, 1.82) is 0 Å². The number of aromatic nitrogens is 3. The Labute approximate surface area is 157 Å². The highest BCUT2D eigenvalue weighted by atomic mass is 32.2. The fraction of sp³-hybridized carbons (Fsp3) is 0.167. The number of thiophene rings is 1. The van der Waals surface area contributed by atoms with E-state index in [9.17, 15) is 4.79 Å². The minimum Gasteiger partial charge on any atom is -0.422 e. The molecule has 0 bridgehead atoms. The monoisotopic (exact) mass is 384 g/mol. The fourth-order valence-corrected chi connectivity index (χ4v) is 4.29. The van der Waals surface area contributed by atoms with E-state index >= 15 is 0 Å². The molecule has 3 heterocycles. The third-order valence-electron chi connectivity index (χ3n) is 4.28. The Kier molecular flexibility index (Phi) is 4.29. The van der Waals surface area contributed by atoms with Gasteiger partial charge >= 0.3 is 5.63 Å². The summed E-state index contributed by atoms with van der Waals surface area (Å²) in [5, 5.41) is 11.8. The van der Waals surface area contributed by atoms with Crippen LogP contribution >= 0.6 is 23.1 Å². The average molecular weight is 384 g/mol. The molecular formula is C18H16N4O2S2. The number of thioether (sulfide) groups is 1. The molecule has 3 aromatic heterocycles. The highest BCUT2D eigenvalue weighted by Crippen LogP contribution is 2.30. The summed E-state index contributed by atoms with van der Waals surface area (Å²) in [5.41, 5.74) is 3.25. The highest BCUT2D eigenvalue weighted by molar-refractivity contribution is 7.98. The number of hydrogen-bond donors (Lipinski definition) is 1. The molecule has 0 unspecified atom stereocenters. The van der Waals surface area contributed by atoms with Gasteiger partial charge in [-0.05, 0) is 42.0 Å². The van der Waals surface area contributed by atoms with Gasteiger partial charge in [-0.25, -0.2) is 9.47 Å². The third kappa shape index (κ3) is 2.91. The molecule has 8 heteroatoms. The summed E-state index contributed by atoms with van der Waals surface area (Å²) >= 11 is 3.00. The number of nitrogens with two attached hydrogens (primary N) is 1. The SMILES string of the molecule is Cc1ccc2c(CSc3nnc(-c4cccs4)n3N)cc(=O)oc2c1C. The Morgan fingerprint density at radius 3 is 2.88 bits per heavy atom. The van der Waals surface area contributed by atoms with Crippen LogP contribution in [0.15, 0.2) is 50.1 Å². The second-order valence-electron chi connectivity index (χ2n) is 5.92. The zero-order valence-corrected chi connectivity index (χ0v) is 15.9. The first kappa shape index (κ1) is 16.9. The van der Waals surface area contributed by atoms with Gasteiger partial charge in [0.2, 0.25) is 5.16 Å². The largest absolute Gasteiger partial charge is 0.422 e. The molecule has 26 heavy (non-hydrogen) atoms. The molecule has 0 fully saturated rings. The van der Waals surface area contributed by atoms with Crippen LogP contribution in [0.4, 0.5) is 0 Å². The smallest absolute Gasteiger partial charge is 0.336 e. The molecule has 1 aromatic carbocycles. The highest BCUT2D eigenvalue weighted by Gasteiger charge is 2.15. The summed E-state index contributed by atoms with van der Waals surface area (Å²) in [6.07, 6.45) is 0. The average Bonchev–Trinajstić information content (AvgIpc) is 3.26. The number of nitrogen functional groups attached to an aromatic ring is 1. The maximum atomic E-state index is 12.0. The molecule has 4 aromatic rings. The molecule has 0 aliphatic rings. The lowest BCUT2D eigenvalue weighted by Crippen LogP contribution is -2.11. The number of hydrogen-bond acceptors (Lipinski definition) is 7. The standard InChI is InChI=1S/C18H16N4O2S2/c1-10-5-6-13-12(8-15(23)24-16(13)11(10)2)9-26-18-21-20-17(22(18)19)14-4-3-7-25-14/h3-8H,9,19H2,1-2H3. The van der Waals surface area contributed by atoms with E-state index in [-0.39, 0.29) is 5.63 Å². The minimum atomic E-state index is -0.352. The molecule has 0 saturated heterocycles. The predicted molar refractivity (Wildman–Crippen MR) is 105 cm³/mol. The molecule has 132 valence electrons. The lowest BCUT2D eigenvalue weighted by Gasteiger charge is -2.08. The van der Waals surface area contributed by atoms with Crippen LogP contribution in [0.5, 0.6) is 0 Å². The molecule has 0 spiro atoms. The van der Waals surface area contributed by atoms with Crippen LogP contribution in [0.25, 0.3) is 21.7 Å². The number of aryl methyl sites for hydroxylation is 2. The molecular weight excluding hydrogens is 368 g/mol. The van der Waals surface area contributed by atoms with Gasteiger partial charge in [-0.1, -0.05) is 30.0 Å². The van der Waals surface area contributed by atoms with Gasteiger partial charge in [0.15, 0.2) is 5.82 Å². The van der Waals surface area contributed by atoms with Crippen molar-refractivity contribution in [2.24, 2.45) is 0 Å². The third-order valence-corrected chi connectivity index (χ3v) is 6.14. The van der Waals surface area contributed by atoms with Crippen molar-refractivity contribution in [3.63, 3.8) is 0 Å². The van der Waals surface area contributed by atoms with Crippen LogP contribution < -0.4 is 11.5 Å². The first-order valence-electron chi connectivity index (χ1n) is 7.94. The van der Waals surface area contributed by atoms with Gasteiger partial charge in [0.25, 0.3) is 0 Å². The lowest BCUT2D eigenvalue weighted by molar-refractivity contribution is 0.557. The fourth-order valence-electron chi connectivity index (χ4n) is 2.74. The number of nitrogens with zero attached hydrogens (tertiary/aromatic N) is 3. The number of benzene rings is 1. The molecule has 0 saturated carbocycles. The van der Waals surface area contributed by atoms with Crippen molar-refractivity contribution in [3.05, 3.63) is 62.8 Å². The Bertz CT molecular complexity index is 1150. The second kappa shape index (κ2) is 6.62. The molecule has 2 N–H and O–H groups in total. The Morgan fingerprint density at radius 1 is 1.27 bits per heavy atom. The van der Waals surface area contributed by atoms with E-state index < -0.39 is 0 Å². The van der Waals surface area contributed by atoms with Gasteiger partial charge in [0.1, 0.15) is 5.58 Å². The minimum absolute atomic E-state index is 0.352. The van der Waals surface area contributed by atoms with Gasteiger partial charge < -0.3 is 10.3 Å². The predicted octanol–water partition coefficient (Wildman–Crippen LogP) is 3.74. The number of rotatable bonds is 4. The van der Waals surface area contributed by atoms with Crippen LogP contribution in [0.3, 0.4) is 0 Å². The van der Waals surface area contributed by atoms with Gasteiger partial charge in [-0.15, -0.1) is 21.5 Å². The maximum Gasteiger partial charge on any atom is 0.336 e. The van der Waals surface area contributed by atoms with Gasteiger partial charge in [-0.2, -0.15) is 0 Å². The second-order valence-corrected chi connectivity index (χ2v) is 7.81. The normalized spacial score (nSPS) is 11.3. The van der Waals surface area contributed by atoms with E-state index in [4.69, 9.17) is 10.3 Å². The van der Waals surface area contributed by atoms with Crippen molar-refractivity contribution in [2.75, 3.05) is 5.84 Å². The van der Waals surface area contributed by atoms with E-state index in [2.05, 4.69) is 10.2 Å². The summed E-state index contributed by atoms with van der Waals surface area (Å²) in [5.74, 6) is 7.32. The molecule has 4 rings (SSSR count). The van der Waals surface area contributed by atoms with Gasteiger partial charge in [0.05, 0.1) is 4.88 Å². The first-order valence-corrected chi connectivity index (χ1v) is 9.81. The Balaban J connectivity index is 1.67. The quantitative estimate of drug-likeness (QED) is 0.328. The zero-order chi connectivity index (χ0) is 18.3. The van der Waals surface area contributed by atoms with Crippen LogP contribution in [0, 0.1) is 13.8 Å². The Hall–Kier alpha value is -2.58. The maximum absolute atomic E-state index is 12.0. The molecule has 0 aliphatic heterocycles. The summed E-state index contributed by atoms with van der Waals surface area (Å²) in [7, 11) is 0. The van der Waals surface area contributed by atoms with Crippen LogP contribution in [-0.2, 0) is 5.75 Å². The van der Waals surface area contributed by atoms with Crippen molar-refractivity contribution >= 4 is 34.1 Å². The van der Waals surface area contributed by atoms with Crippen molar-refractivity contribution in [2.45, 2.75) is 24.8 Å². The van der Waals surface area contributed by atoms with E-state index in [1.807, 2.05) is 43.5 Å². The zero-order valence-electron chi connectivity index (χ0n) is 14.2. The van der Waals surface area contributed by atoms with Crippen molar-refractivity contribution < 1.29 is 4.42 Å². The molecule has 6 nitrogen and oxygen atoms in total. The number of fused-ring (bicyclic) bond motifs is 1. The van der Waals surface area contributed by atoms with E-state index in [0.717, 1.165) is 27.0 Å². The first-order chi connectivity index (χ1) is 12.5. The summed E-state index contributed by atoms with van der Waals surface area (Å²) in [6.45, 7) is 3.96. The molecule has 0 amide bonds. The van der Waals surface area contributed by atoms with Crippen LogP contribution in [-0.4, -0.2) is 14.9 Å². The summed E-state index contributed by atoms with van der Waals surface area (Å²) in [4.78, 5) is 12.9. The van der Waals surface area contributed by atoms with Crippen LogP contribution in [0.2, 0.25) is 0 Å². The van der Waals surface area contributed by atoms with Crippen LogP contribution in [0.1, 0.15) is 16.7 Å². The summed E-state index contributed by atoms with van der Waals surface area (Å²) < 4.78 is 6.91. The molecule has 0 atom stereocenters. The lowest BCUT2D eigenvalue weighted by atomic mass is 10.0. The van der Waals surface area contributed by atoms with Gasteiger partial charge in [0, 0.05) is 17.2 Å². The topological polar surface area (TPSA) is 86.9 Å². The Morgan fingerprint density at radius 2 is 2.12 bits per heavy atom. The van der Waals surface area contributed by atoms with E-state index in [1.54, 1.807) is 11.3 Å². The molecule has 0 radical (unpaired) electrons.